The second-order valence-electron chi connectivity index (χ2n) is 50.0. The summed E-state index contributed by atoms with van der Waals surface area (Å²) in [6, 6.07) is 35.5. The van der Waals surface area contributed by atoms with Crippen LogP contribution in [0.3, 0.4) is 0 Å². The Bertz CT molecular complexity index is 4120. The minimum absolute atomic E-state index is 0.0375. The number of carbonyl (C=O) groups excluding carboxylic acids is 4. The molecule has 0 N–H and O–H groups in total. The molecule has 2 heterocycles. The zero-order valence-electron chi connectivity index (χ0n) is 94.0. The van der Waals surface area contributed by atoms with Gasteiger partial charge in [0.25, 0.3) is 0 Å². The second-order valence-corrected chi connectivity index (χ2v) is 110. The molecule has 0 radical (unpaired) electrons. The highest BCUT2D eigenvalue weighted by molar-refractivity contribution is 6.90. The average molecular weight is 2140 g/mol. The molecule has 0 saturated carbocycles. The van der Waals surface area contributed by atoms with Gasteiger partial charge in [-0.05, 0) is 437 Å². The van der Waals surface area contributed by atoms with Crippen molar-refractivity contribution in [3.63, 3.8) is 0 Å². The van der Waals surface area contributed by atoms with Crippen LogP contribution in [0.15, 0.2) is 97.1 Å². The number of nitrogens with zero attached hydrogens (tertiary/aromatic N) is 2. The monoisotopic (exact) mass is 2130 g/mol. The van der Waals surface area contributed by atoms with Crippen LogP contribution in [-0.4, -0.2) is 246 Å². The van der Waals surface area contributed by atoms with Crippen molar-refractivity contribution in [1.82, 2.24) is 9.80 Å². The Kier molecular flexibility index (Phi) is 50.9. The molecule has 4 aromatic rings. The van der Waals surface area contributed by atoms with E-state index in [0.29, 0.717) is 50.8 Å². The van der Waals surface area contributed by atoms with Crippen LogP contribution in [0.1, 0.15) is 167 Å². The van der Waals surface area contributed by atoms with E-state index in [4.69, 9.17) is 65.5 Å². The first-order chi connectivity index (χ1) is 61.7. The number of ether oxygens (including phenoxy) is 6. The third-order valence-corrected chi connectivity index (χ3v) is 66.5. The van der Waals surface area contributed by atoms with Crippen LogP contribution in [0.2, 0.25) is 246 Å². The highest BCUT2D eigenvalue weighted by Crippen LogP contribution is 2.35. The first-order valence-corrected chi connectivity index (χ1v) is 94.6. The number of Topliss-reactive ketones (excluding diaryl/α,β-unsaturated/α-hetero) is 4. The zero-order valence-corrected chi connectivity index (χ0v) is 108. The molecular weight excluding hydrogens is 1940 g/mol. The SMILES string of the molecule is CC(C)(C(=O)c1ccc(OCCC[Si](C)(C)O[Si](C)(C)C)cc1)N1CCCCC1.CC(C)(C(=O)c1ccc(OCCC[Si](C)(O[Si](C)(C)C)O[Si](C)(C)C)cc1)N1CCOCC1.CC(C)(C)C(=O)c1ccc(CCCOCCC[Si](C)(O[Si](C)(C)C)O[Si](C)(C)C)cc1.CC(C)(OCCC[Si](C)(O[Si](C)(C)C)O[Si](C)(C)C)C(=O)c1ccc(OCCC[Si](C)(O[Si](C)(C)C)O[Si](C)(C)C)cc1. The molecular formula is C101H196N2O19Si14. The number of aryl methyl sites for hydroxylation is 1. The summed E-state index contributed by atoms with van der Waals surface area (Å²) in [5.74, 6) is 2.86. The molecule has 0 atom stereocenters. The highest BCUT2D eigenvalue weighted by atomic mass is 28.5. The van der Waals surface area contributed by atoms with E-state index in [-0.39, 0.29) is 28.5 Å². The van der Waals surface area contributed by atoms with E-state index in [1.807, 2.05) is 133 Å². The molecule has 6 rings (SSSR count). The summed E-state index contributed by atoms with van der Waals surface area (Å²) >= 11 is 0. The maximum atomic E-state index is 13.3. The van der Waals surface area contributed by atoms with E-state index >= 15 is 0 Å². The number of ketones is 4. The molecule has 136 heavy (non-hydrogen) atoms. The van der Waals surface area contributed by atoms with E-state index in [1.54, 1.807) is 0 Å². The van der Waals surface area contributed by atoms with Gasteiger partial charge in [-0.1, -0.05) is 51.5 Å². The van der Waals surface area contributed by atoms with Crippen LogP contribution < -0.4 is 14.2 Å². The van der Waals surface area contributed by atoms with Gasteiger partial charge >= 0.3 is 34.2 Å². The number of hydrogen-bond donors (Lipinski definition) is 0. The van der Waals surface area contributed by atoms with Crippen LogP contribution in [0.4, 0.5) is 0 Å². The summed E-state index contributed by atoms with van der Waals surface area (Å²) in [7, 11) is -25.6. The molecule has 0 amide bonds. The van der Waals surface area contributed by atoms with E-state index < -0.39 is 134 Å². The number of morpholine rings is 1. The number of benzene rings is 4. The predicted molar refractivity (Wildman–Crippen MR) is 605 cm³/mol. The maximum Gasteiger partial charge on any atom is 0.314 e. The van der Waals surface area contributed by atoms with Gasteiger partial charge in [-0.2, -0.15) is 0 Å². The normalized spacial score (nSPS) is 15.2. The minimum Gasteiger partial charge on any atom is -0.494 e. The van der Waals surface area contributed by atoms with Crippen molar-refractivity contribution in [1.29, 1.82) is 0 Å². The Morgan fingerprint density at radius 1 is 0.287 bits per heavy atom. The first kappa shape index (κ1) is 128. The van der Waals surface area contributed by atoms with Crippen molar-refractivity contribution in [2.75, 3.05) is 79.0 Å². The summed E-state index contributed by atoms with van der Waals surface area (Å²) in [6.07, 6.45) is 10.2. The molecule has 2 aliphatic heterocycles. The smallest absolute Gasteiger partial charge is 0.314 e. The van der Waals surface area contributed by atoms with E-state index in [2.05, 4.69) is 252 Å². The summed E-state index contributed by atoms with van der Waals surface area (Å²) < 4.78 is 94.4. The first-order valence-electron chi connectivity index (χ1n) is 50.7. The molecule has 2 fully saturated rings. The van der Waals surface area contributed by atoms with Gasteiger partial charge in [0, 0.05) is 60.6 Å². The van der Waals surface area contributed by atoms with Crippen molar-refractivity contribution >= 4 is 141 Å². The van der Waals surface area contributed by atoms with Gasteiger partial charge in [-0.15, -0.1) is 0 Å². The third-order valence-electron chi connectivity index (χ3n) is 21.8. The molecule has 2 aliphatic rings. The Morgan fingerprint density at radius 3 is 0.846 bits per heavy atom. The van der Waals surface area contributed by atoms with E-state index in [1.165, 1.54) is 24.8 Å². The molecule has 780 valence electrons. The van der Waals surface area contributed by atoms with Gasteiger partial charge in [0.15, 0.2) is 106 Å². The van der Waals surface area contributed by atoms with Crippen LogP contribution in [0.5, 0.6) is 17.2 Å². The summed E-state index contributed by atoms with van der Waals surface area (Å²) in [4.78, 5) is 56.4. The number of hydrogen-bond acceptors (Lipinski definition) is 21. The van der Waals surface area contributed by atoms with Crippen LogP contribution in [0.25, 0.3) is 0 Å². The predicted octanol–water partition coefficient (Wildman–Crippen LogP) is 27.9. The minimum atomic E-state index is -2.32. The molecule has 0 aromatic heterocycles. The second kappa shape index (κ2) is 54.2. The van der Waals surface area contributed by atoms with Crippen LogP contribution in [-0.2, 0) is 57.7 Å². The van der Waals surface area contributed by atoms with Gasteiger partial charge in [0.05, 0.1) is 44.1 Å². The fourth-order valence-electron chi connectivity index (χ4n) is 17.4. The Labute approximate surface area is 844 Å². The Balaban J connectivity index is 0.000000472. The number of piperidine rings is 1. The molecule has 0 unspecified atom stereocenters. The van der Waals surface area contributed by atoms with Gasteiger partial charge < -0.3 is 65.5 Å². The summed E-state index contributed by atoms with van der Waals surface area (Å²) in [5.41, 5.74) is 1.88. The molecule has 2 saturated heterocycles. The standard InChI is InChI=1S/C30H64O7Si6.C24H45NO5Si3.C24H46O4Si3.C23H41NO3Si2/c1-30(2,33-24-18-26-43(16,36-40(9,10)11)37-41(12,13)14)29(31)27-19-21-28(22-20-27)32-23-17-25-42(15,34-38(3,4)5)35-39(6,7)8;1-24(2,25-15-18-27-19-16-25)23(26)21-11-13-22(14-12-21)28-17-10-20-33(9,29-31(3,4)5)30-32(6,7)8;1-24(2,3)23(25)22-16-14-21(15-17-22)13-11-18-26-19-12-20-31(10,27-29(4,5)6)28-30(7,8)9;1-23(2,24-16-9-8-10-17-24)22(25)20-12-14-21(15-13-20)26-18-11-19-29(6,7)27-28(3,4)5/h19-22H,17-18,23-26H2,1-16H3;11-14H,10,15-20H2,1-9H3;14-17H,11-13,18-20H2,1-10H3;12-15H,8-11,16-19H2,1-7H3. The molecule has 4 aromatic carbocycles. The quantitative estimate of drug-likeness (QED) is 0.0228. The lowest BCUT2D eigenvalue weighted by molar-refractivity contribution is -0.00451. The largest absolute Gasteiger partial charge is 0.494 e. The third kappa shape index (κ3) is 54.0. The highest BCUT2D eigenvalue weighted by Gasteiger charge is 2.46. The van der Waals surface area contributed by atoms with Crippen LogP contribution in [0, 0.1) is 5.41 Å². The topological polar surface area (TPSA) is 213 Å². The van der Waals surface area contributed by atoms with Crippen molar-refractivity contribution in [2.45, 2.75) is 389 Å². The molecule has 0 aliphatic carbocycles. The fraction of sp³-hybridized carbons (Fsp3) is 0.723. The Morgan fingerprint density at radius 2 is 0.544 bits per heavy atom. The Hall–Kier alpha value is -2.56. The molecule has 0 bridgehead atoms. The van der Waals surface area contributed by atoms with Gasteiger partial charge in [0.1, 0.15) is 22.8 Å². The van der Waals surface area contributed by atoms with Crippen molar-refractivity contribution in [3.8, 4) is 17.2 Å². The number of carbonyl (C=O) groups is 4. The lowest BCUT2D eigenvalue weighted by Crippen LogP contribution is -2.54. The zero-order chi connectivity index (χ0) is 104. The summed E-state index contributed by atoms with van der Waals surface area (Å²) in [5, 5.41) is 0. The van der Waals surface area contributed by atoms with Gasteiger partial charge in [0.2, 0.25) is 0 Å². The van der Waals surface area contributed by atoms with E-state index in [0.717, 1.165) is 143 Å². The molecule has 35 heteroatoms. The lowest BCUT2D eigenvalue weighted by atomic mass is 9.86. The maximum absolute atomic E-state index is 13.3. The van der Waals surface area contributed by atoms with Crippen molar-refractivity contribution in [2.24, 2.45) is 5.41 Å². The summed E-state index contributed by atoms with van der Waals surface area (Å²) in [6.45, 7) is 100. The van der Waals surface area contributed by atoms with E-state index in [9.17, 15) is 19.2 Å². The lowest BCUT2D eigenvalue weighted by Gasteiger charge is -2.39. The van der Waals surface area contributed by atoms with Crippen molar-refractivity contribution < 1.29 is 84.6 Å². The van der Waals surface area contributed by atoms with Crippen molar-refractivity contribution in [3.05, 3.63) is 125 Å². The molecule has 0 spiro atoms. The fourth-order valence-corrected chi connectivity index (χ4v) is 75.5. The number of rotatable bonds is 55. The van der Waals surface area contributed by atoms with Gasteiger partial charge in [-0.3, -0.25) is 29.0 Å². The van der Waals surface area contributed by atoms with Gasteiger partial charge in [-0.25, -0.2) is 0 Å². The van der Waals surface area contributed by atoms with Crippen LogP contribution >= 0.6 is 0 Å². The average Bonchev–Trinajstić information content (AvgIpc) is 0.813. The molecule has 21 nitrogen and oxygen atoms in total. The number of likely N-dealkylation sites (tertiary alicyclic amines) is 1.